The fourth-order valence-electron chi connectivity index (χ4n) is 1.89. The first kappa shape index (κ1) is 16.9. The zero-order chi connectivity index (χ0) is 15.8. The van der Waals surface area contributed by atoms with Crippen LogP contribution >= 0.6 is 0 Å². The van der Waals surface area contributed by atoms with Crippen LogP contribution in [0.2, 0.25) is 0 Å². The predicted octanol–water partition coefficient (Wildman–Crippen LogP) is 1.43. The standard InChI is InChI=1S/C14H18FNO5/c15-8-21-11-4-1-9(2-5-11)7-10(13(17)18)3-6-12(16)14(19)20/h1-2,4-5,10,12H,3,6-8,16H2,(H,17,18)(H,19,20). The summed E-state index contributed by atoms with van der Waals surface area (Å²) in [5.74, 6) is -2.51. The van der Waals surface area contributed by atoms with Crippen molar-refractivity contribution in [1.29, 1.82) is 0 Å². The highest BCUT2D eigenvalue weighted by atomic mass is 19.1. The van der Waals surface area contributed by atoms with Crippen molar-refractivity contribution in [3.05, 3.63) is 29.8 Å². The maximum absolute atomic E-state index is 12.0. The van der Waals surface area contributed by atoms with Gasteiger partial charge in [-0.05, 0) is 37.0 Å². The quantitative estimate of drug-likeness (QED) is 0.636. The number of hydrogen-bond donors (Lipinski definition) is 3. The number of rotatable bonds is 9. The van der Waals surface area contributed by atoms with Crippen molar-refractivity contribution in [2.45, 2.75) is 25.3 Å². The van der Waals surface area contributed by atoms with Gasteiger partial charge in [0, 0.05) is 0 Å². The Kier molecular flexibility index (Phi) is 6.61. The van der Waals surface area contributed by atoms with Crippen LogP contribution in [0.25, 0.3) is 0 Å². The lowest BCUT2D eigenvalue weighted by atomic mass is 9.93. The van der Waals surface area contributed by atoms with Gasteiger partial charge >= 0.3 is 11.9 Å². The van der Waals surface area contributed by atoms with Crippen molar-refractivity contribution in [2.24, 2.45) is 11.7 Å². The van der Waals surface area contributed by atoms with Gasteiger partial charge in [0.1, 0.15) is 11.8 Å². The van der Waals surface area contributed by atoms with Crippen LogP contribution in [-0.4, -0.2) is 35.1 Å². The molecule has 0 aliphatic rings. The van der Waals surface area contributed by atoms with E-state index in [2.05, 4.69) is 4.74 Å². The fourth-order valence-corrected chi connectivity index (χ4v) is 1.89. The first-order valence-corrected chi connectivity index (χ1v) is 6.43. The molecule has 0 saturated carbocycles. The number of halogens is 1. The van der Waals surface area contributed by atoms with Crippen molar-refractivity contribution in [2.75, 3.05) is 6.86 Å². The second-order valence-electron chi connectivity index (χ2n) is 4.66. The van der Waals surface area contributed by atoms with Crippen molar-refractivity contribution >= 4 is 11.9 Å². The fraction of sp³-hybridized carbons (Fsp3) is 0.429. The molecule has 1 rings (SSSR count). The van der Waals surface area contributed by atoms with E-state index in [0.717, 1.165) is 5.56 Å². The zero-order valence-corrected chi connectivity index (χ0v) is 11.4. The van der Waals surface area contributed by atoms with Gasteiger partial charge in [0.05, 0.1) is 5.92 Å². The Bertz CT molecular complexity index is 477. The van der Waals surface area contributed by atoms with Gasteiger partial charge in [-0.2, -0.15) is 0 Å². The number of alkyl halides is 1. The number of carboxylic acid groups (broad SMARTS) is 2. The van der Waals surface area contributed by atoms with Crippen molar-refractivity contribution in [3.63, 3.8) is 0 Å². The summed E-state index contributed by atoms with van der Waals surface area (Å²) in [6, 6.07) is 5.34. The highest BCUT2D eigenvalue weighted by molar-refractivity contribution is 5.73. The molecule has 0 heterocycles. The molecule has 1 aromatic carbocycles. The minimum atomic E-state index is -1.15. The Balaban J connectivity index is 2.61. The first-order valence-electron chi connectivity index (χ1n) is 6.43. The summed E-state index contributed by atoms with van der Waals surface area (Å²) in [7, 11) is 0. The molecule has 21 heavy (non-hydrogen) atoms. The summed E-state index contributed by atoms with van der Waals surface area (Å²) in [6.45, 7) is -0.926. The Morgan fingerprint density at radius 2 is 1.76 bits per heavy atom. The second-order valence-corrected chi connectivity index (χ2v) is 4.66. The lowest BCUT2D eigenvalue weighted by Gasteiger charge is -2.14. The molecule has 0 saturated heterocycles. The van der Waals surface area contributed by atoms with E-state index >= 15 is 0 Å². The number of hydrogen-bond acceptors (Lipinski definition) is 4. The molecule has 7 heteroatoms. The second kappa shape index (κ2) is 8.21. The van der Waals surface area contributed by atoms with E-state index in [1.54, 1.807) is 24.3 Å². The van der Waals surface area contributed by atoms with Gasteiger partial charge in [-0.3, -0.25) is 9.59 Å². The molecule has 0 aliphatic heterocycles. The van der Waals surface area contributed by atoms with Crippen LogP contribution in [0.5, 0.6) is 5.75 Å². The van der Waals surface area contributed by atoms with Crippen molar-refractivity contribution in [3.8, 4) is 5.75 Å². The van der Waals surface area contributed by atoms with E-state index in [4.69, 9.17) is 15.9 Å². The summed E-state index contributed by atoms with van der Waals surface area (Å²) >= 11 is 0. The molecule has 0 bridgehead atoms. The van der Waals surface area contributed by atoms with Crippen LogP contribution in [0.3, 0.4) is 0 Å². The monoisotopic (exact) mass is 299 g/mol. The van der Waals surface area contributed by atoms with E-state index < -0.39 is 30.8 Å². The Morgan fingerprint density at radius 1 is 1.14 bits per heavy atom. The summed E-state index contributed by atoms with van der Waals surface area (Å²) in [6.07, 6.45) is 0.512. The smallest absolute Gasteiger partial charge is 0.320 e. The third-order valence-corrected chi connectivity index (χ3v) is 3.12. The summed E-state index contributed by atoms with van der Waals surface area (Å²) < 4.78 is 16.6. The largest absolute Gasteiger partial charge is 0.481 e. The number of nitrogens with two attached hydrogens (primary N) is 1. The molecule has 2 atom stereocenters. The highest BCUT2D eigenvalue weighted by Gasteiger charge is 2.21. The van der Waals surface area contributed by atoms with Crippen LogP contribution < -0.4 is 10.5 Å². The third-order valence-electron chi connectivity index (χ3n) is 3.12. The number of benzene rings is 1. The van der Waals surface area contributed by atoms with E-state index in [-0.39, 0.29) is 19.3 Å². The van der Waals surface area contributed by atoms with Gasteiger partial charge in [0.2, 0.25) is 6.86 Å². The lowest BCUT2D eigenvalue weighted by Crippen LogP contribution is -2.31. The van der Waals surface area contributed by atoms with Gasteiger partial charge in [0.25, 0.3) is 0 Å². The molecule has 0 radical (unpaired) electrons. The molecular formula is C14H18FNO5. The summed E-state index contributed by atoms with van der Waals surface area (Å²) in [5.41, 5.74) is 6.11. The molecule has 2 unspecified atom stereocenters. The zero-order valence-electron chi connectivity index (χ0n) is 11.4. The number of carboxylic acids is 2. The summed E-state index contributed by atoms with van der Waals surface area (Å²) in [4.78, 5) is 21.8. The van der Waals surface area contributed by atoms with Crippen LogP contribution in [0.4, 0.5) is 4.39 Å². The third kappa shape index (κ3) is 5.78. The Morgan fingerprint density at radius 3 is 2.24 bits per heavy atom. The van der Waals surface area contributed by atoms with Gasteiger partial charge in [-0.1, -0.05) is 12.1 Å². The Labute approximate surface area is 121 Å². The van der Waals surface area contributed by atoms with Gasteiger partial charge in [-0.25, -0.2) is 4.39 Å². The number of ether oxygens (including phenoxy) is 1. The Hall–Kier alpha value is -2.15. The van der Waals surface area contributed by atoms with Gasteiger partial charge < -0.3 is 20.7 Å². The number of carbonyl (C=O) groups is 2. The maximum Gasteiger partial charge on any atom is 0.320 e. The van der Waals surface area contributed by atoms with Gasteiger partial charge in [-0.15, -0.1) is 0 Å². The SMILES string of the molecule is NC(CCC(Cc1ccc(OCF)cc1)C(=O)O)C(=O)O. The van der Waals surface area contributed by atoms with Crippen molar-refractivity contribution in [1.82, 2.24) is 0 Å². The molecule has 0 amide bonds. The van der Waals surface area contributed by atoms with E-state index in [1.807, 2.05) is 0 Å². The van der Waals surface area contributed by atoms with Crippen LogP contribution in [-0.2, 0) is 16.0 Å². The predicted molar refractivity (Wildman–Crippen MR) is 72.7 cm³/mol. The van der Waals surface area contributed by atoms with E-state index in [1.165, 1.54) is 0 Å². The minimum Gasteiger partial charge on any atom is -0.481 e. The maximum atomic E-state index is 12.0. The summed E-state index contributed by atoms with van der Waals surface area (Å²) in [5, 5.41) is 17.8. The molecule has 116 valence electrons. The van der Waals surface area contributed by atoms with Gasteiger partial charge in [0.15, 0.2) is 0 Å². The van der Waals surface area contributed by atoms with Crippen molar-refractivity contribution < 1.29 is 28.9 Å². The average molecular weight is 299 g/mol. The first-order chi connectivity index (χ1) is 9.93. The lowest BCUT2D eigenvalue weighted by molar-refractivity contribution is -0.143. The molecule has 0 fully saturated rings. The average Bonchev–Trinajstić information content (AvgIpc) is 2.44. The highest BCUT2D eigenvalue weighted by Crippen LogP contribution is 2.18. The van der Waals surface area contributed by atoms with E-state index in [0.29, 0.717) is 5.75 Å². The molecule has 1 aromatic rings. The molecule has 0 aromatic heterocycles. The van der Waals surface area contributed by atoms with Crippen LogP contribution in [0, 0.1) is 5.92 Å². The molecule has 4 N–H and O–H groups in total. The molecular weight excluding hydrogens is 281 g/mol. The van der Waals surface area contributed by atoms with Crippen LogP contribution in [0.15, 0.2) is 24.3 Å². The topological polar surface area (TPSA) is 110 Å². The molecule has 6 nitrogen and oxygen atoms in total. The number of aliphatic carboxylic acids is 2. The van der Waals surface area contributed by atoms with E-state index in [9.17, 15) is 14.0 Å². The molecule has 0 spiro atoms. The normalized spacial score (nSPS) is 13.4. The molecule has 0 aliphatic carbocycles. The van der Waals surface area contributed by atoms with Crippen LogP contribution in [0.1, 0.15) is 18.4 Å². The minimum absolute atomic E-state index is 0.0926.